The second kappa shape index (κ2) is 8.99. The molecule has 6 heteroatoms. The Balaban J connectivity index is 1.71. The van der Waals surface area contributed by atoms with Crippen molar-refractivity contribution >= 4 is 17.5 Å². The Bertz CT molecular complexity index is 1060. The largest absolute Gasteiger partial charge is 0.338 e. The van der Waals surface area contributed by atoms with E-state index < -0.39 is 49.6 Å². The topological polar surface area (TPSA) is 33.2 Å². The number of amides is 1. The Kier molecular flexibility index (Phi) is 4.51. The molecule has 2 heterocycles. The second-order valence-corrected chi connectivity index (χ2v) is 7.05. The summed E-state index contributed by atoms with van der Waals surface area (Å²) in [5.41, 5.74) is -1.67. The van der Waals surface area contributed by atoms with Gasteiger partial charge in [0.1, 0.15) is 11.5 Å². The van der Waals surface area contributed by atoms with Crippen molar-refractivity contribution in [3.8, 4) is 0 Å². The third-order valence-electron chi connectivity index (χ3n) is 4.64. The maximum Gasteiger partial charge on any atom is 0.253 e. The molecule has 1 atom stereocenters. The lowest BCUT2D eigenvalue weighted by atomic mass is 9.87. The van der Waals surface area contributed by atoms with Crippen LogP contribution in [0.5, 0.6) is 0 Å². The fourth-order valence-electron chi connectivity index (χ4n) is 2.94. The lowest BCUT2D eigenvalue weighted by Crippen LogP contribution is -2.44. The van der Waals surface area contributed by atoms with E-state index in [4.69, 9.17) is 19.8 Å². The molecular weight excluding hydrogens is 382 g/mol. The zero-order valence-corrected chi connectivity index (χ0v) is 16.2. The maximum absolute atomic E-state index is 15.8. The highest BCUT2D eigenvalue weighted by Gasteiger charge is 2.35. The molecule has 1 aliphatic heterocycles. The molecule has 28 heavy (non-hydrogen) atoms. The number of carbonyl (C=O) groups excluding carboxylic acids is 1. The van der Waals surface area contributed by atoms with Crippen LogP contribution >= 0.6 is 11.6 Å². The van der Waals surface area contributed by atoms with Gasteiger partial charge in [0, 0.05) is 38.7 Å². The van der Waals surface area contributed by atoms with Gasteiger partial charge in [-0.2, -0.15) is 0 Å². The van der Waals surface area contributed by atoms with Crippen molar-refractivity contribution in [2.24, 2.45) is 0 Å². The van der Waals surface area contributed by atoms with Gasteiger partial charge >= 0.3 is 0 Å². The Hall–Kier alpha value is -2.01. The summed E-state index contributed by atoms with van der Waals surface area (Å²) in [7, 11) is 0. The van der Waals surface area contributed by atoms with Gasteiger partial charge < -0.3 is 4.90 Å². The van der Waals surface area contributed by atoms with Crippen LogP contribution in [-0.4, -0.2) is 34.5 Å². The molecule has 1 amide bonds. The minimum atomic E-state index is -2.53. The lowest BCUT2D eigenvalue weighted by Gasteiger charge is -2.36. The van der Waals surface area contributed by atoms with Gasteiger partial charge in [0.05, 0.1) is 5.02 Å². The summed E-state index contributed by atoms with van der Waals surface area (Å²) >= 11 is 5.71. The van der Waals surface area contributed by atoms with E-state index in [0.717, 1.165) is 18.2 Å². The Morgan fingerprint density at radius 1 is 1.43 bits per heavy atom. The number of nitrogens with zero attached hydrogens (tertiary/aromatic N) is 2. The number of carbonyl (C=O) groups is 1. The predicted molar refractivity (Wildman–Crippen MR) is 107 cm³/mol. The second-order valence-electron chi connectivity index (χ2n) is 6.64. The van der Waals surface area contributed by atoms with Crippen LogP contribution in [0.1, 0.15) is 62.4 Å². The van der Waals surface area contributed by atoms with E-state index in [0.29, 0.717) is 22.6 Å². The minimum Gasteiger partial charge on any atom is -0.338 e. The molecule has 3 rings (SSSR count). The van der Waals surface area contributed by atoms with Crippen LogP contribution in [0.3, 0.4) is 0 Å². The van der Waals surface area contributed by atoms with Crippen molar-refractivity contribution in [2.75, 3.05) is 13.0 Å². The third kappa shape index (κ3) is 5.07. The summed E-state index contributed by atoms with van der Waals surface area (Å²) in [6, 6.07) is 6.33. The van der Waals surface area contributed by atoms with E-state index in [2.05, 4.69) is 4.98 Å². The fourth-order valence-corrected chi connectivity index (χ4v) is 3.12. The van der Waals surface area contributed by atoms with Crippen molar-refractivity contribution in [3.63, 3.8) is 0 Å². The van der Waals surface area contributed by atoms with Crippen LogP contribution in [0.2, 0.25) is 5.02 Å². The van der Waals surface area contributed by atoms with Crippen molar-refractivity contribution in [1.82, 2.24) is 9.88 Å². The lowest BCUT2D eigenvalue weighted by molar-refractivity contribution is 0.0389. The quantitative estimate of drug-likeness (QED) is 0.636. The third-order valence-corrected chi connectivity index (χ3v) is 4.92. The van der Waals surface area contributed by atoms with Crippen molar-refractivity contribution in [1.29, 1.82) is 0 Å². The average molecular weight is 413 g/mol. The van der Waals surface area contributed by atoms with Gasteiger partial charge in [-0.25, -0.2) is 8.78 Å². The molecule has 1 saturated heterocycles. The molecule has 3 nitrogen and oxygen atoms in total. The molecule has 2 aromatic rings. The number of alkyl halides is 1. The molecule has 0 spiro atoms. The molecule has 0 aliphatic carbocycles. The number of benzene rings is 1. The first-order valence-electron chi connectivity index (χ1n) is 12.0. The van der Waals surface area contributed by atoms with Gasteiger partial charge in [0.15, 0.2) is 0 Å². The number of aromatic nitrogens is 1. The van der Waals surface area contributed by atoms with Crippen LogP contribution in [0.25, 0.3) is 0 Å². The van der Waals surface area contributed by atoms with E-state index in [1.165, 1.54) is 13.1 Å². The molecule has 150 valence electrons. The number of rotatable bonds is 6. The first-order chi connectivity index (χ1) is 15.6. The molecule has 1 aliphatic rings. The zero-order chi connectivity index (χ0) is 25.5. The van der Waals surface area contributed by atoms with Crippen LogP contribution in [0.4, 0.5) is 8.78 Å². The smallest absolute Gasteiger partial charge is 0.253 e. The summed E-state index contributed by atoms with van der Waals surface area (Å²) in [5.74, 6) is -1.66. The highest BCUT2D eigenvalue weighted by molar-refractivity contribution is 6.31. The Morgan fingerprint density at radius 3 is 2.93 bits per heavy atom. The molecule has 1 aromatic heterocycles. The molecule has 0 radical (unpaired) electrons. The highest BCUT2D eigenvalue weighted by atomic mass is 35.5. The van der Waals surface area contributed by atoms with Gasteiger partial charge in [0.25, 0.3) is 5.91 Å². The highest BCUT2D eigenvalue weighted by Crippen LogP contribution is 2.32. The van der Waals surface area contributed by atoms with E-state index >= 15 is 4.39 Å². The number of halogens is 3. The van der Waals surface area contributed by atoms with Crippen LogP contribution in [0, 0.1) is 5.82 Å². The van der Waals surface area contributed by atoms with Crippen molar-refractivity contribution < 1.29 is 21.8 Å². The van der Waals surface area contributed by atoms with Crippen molar-refractivity contribution in [2.45, 2.75) is 51.0 Å². The average Bonchev–Trinajstić information content (AvgIpc) is 2.72. The zero-order valence-electron chi connectivity index (χ0n) is 21.4. The maximum atomic E-state index is 15.8. The van der Waals surface area contributed by atoms with E-state index in [-0.39, 0.29) is 23.4 Å². The molecule has 0 N–H and O–H groups in total. The molecule has 1 unspecified atom stereocenters. The normalized spacial score (nSPS) is 26.9. The molecule has 1 fully saturated rings. The first kappa shape index (κ1) is 14.0. The molecule has 1 aromatic carbocycles. The summed E-state index contributed by atoms with van der Waals surface area (Å²) in [6.45, 7) is -1.89. The van der Waals surface area contributed by atoms with Gasteiger partial charge in [-0.15, -0.1) is 0 Å². The van der Waals surface area contributed by atoms with E-state index in [9.17, 15) is 9.18 Å². The monoisotopic (exact) mass is 412 g/mol. The van der Waals surface area contributed by atoms with E-state index in [1.807, 2.05) is 0 Å². The minimum absolute atomic E-state index is 0.122. The van der Waals surface area contributed by atoms with Gasteiger partial charge in [-0.1, -0.05) is 24.6 Å². The number of hydrogen-bond donors (Lipinski definition) is 0. The summed E-state index contributed by atoms with van der Waals surface area (Å²) in [6.07, 6.45) is -3.34. The fraction of sp³-hybridized carbons (Fsp3) is 0.455. The van der Waals surface area contributed by atoms with Crippen LogP contribution in [0.15, 0.2) is 36.5 Å². The Morgan fingerprint density at radius 2 is 2.25 bits per heavy atom. The van der Waals surface area contributed by atoms with Gasteiger partial charge in [-0.05, 0) is 68.3 Å². The van der Waals surface area contributed by atoms with Gasteiger partial charge in [0.2, 0.25) is 0 Å². The number of likely N-dealkylation sites (tertiary alicyclic amines) is 1. The molecular formula is C22H25ClF2N2O. The predicted octanol–water partition coefficient (Wildman–Crippen LogP) is 5.40. The standard InChI is InChI=1S/C22H25ClF2N2O/c1-2-16-5-7-18(26-15-16)4-3-9-22(25)10-12-27(13-11-22)21(28)17-6-8-20(24)19(23)14-17/h5-8,14-15H,2-4,9-13H2,1H3/i2D2,10D2,13D2. The first-order valence-corrected chi connectivity index (χ1v) is 9.35. The summed E-state index contributed by atoms with van der Waals surface area (Å²) < 4.78 is 77.8. The molecule has 0 bridgehead atoms. The SMILES string of the molecule is [2H]C([2H])(C)c1ccc(CCCC2(F)CC([2H])([2H])N(C(=O)c3ccc(F)c(Cl)c3)CC2([2H])[2H])nc1. The van der Waals surface area contributed by atoms with Gasteiger partial charge in [-0.3, -0.25) is 9.78 Å². The van der Waals surface area contributed by atoms with E-state index in [1.54, 1.807) is 12.1 Å². The van der Waals surface area contributed by atoms with Crippen molar-refractivity contribution in [3.05, 3.63) is 64.2 Å². The summed E-state index contributed by atoms with van der Waals surface area (Å²) in [4.78, 5) is 17.7. The van der Waals surface area contributed by atoms with Crippen LogP contribution < -0.4 is 0 Å². The van der Waals surface area contributed by atoms with Crippen LogP contribution in [-0.2, 0) is 12.8 Å². The molecule has 0 saturated carbocycles. The number of hydrogen-bond acceptors (Lipinski definition) is 2. The summed E-state index contributed by atoms with van der Waals surface area (Å²) in [5, 5.41) is -0.331. The number of piperidine rings is 1. The number of aryl methyl sites for hydroxylation is 2. The number of pyridine rings is 1. The Labute approximate surface area is 178 Å².